The largest absolute Gasteiger partial charge is 0.376 e. The molecule has 1 fully saturated rings. The minimum atomic E-state index is -0.531. The number of halogens is 2. The summed E-state index contributed by atoms with van der Waals surface area (Å²) in [6.07, 6.45) is 0. The highest BCUT2D eigenvalue weighted by Crippen LogP contribution is 2.19. The van der Waals surface area contributed by atoms with Crippen molar-refractivity contribution in [3.63, 3.8) is 0 Å². The van der Waals surface area contributed by atoms with Crippen LogP contribution in [-0.4, -0.2) is 24.7 Å². The molecule has 0 aromatic heterocycles. The number of carbonyl (C=O) groups is 1. The number of ether oxygens (including phenoxy) is 1. The van der Waals surface area contributed by atoms with E-state index in [-0.39, 0.29) is 16.5 Å². The molecule has 0 radical (unpaired) electrons. The molecule has 1 aromatic rings. The number of hydrogen-bond donors (Lipinski definition) is 1. The molecule has 0 aliphatic carbocycles. The zero-order valence-electron chi connectivity index (χ0n) is 8.72. The van der Waals surface area contributed by atoms with E-state index in [1.165, 1.54) is 18.2 Å². The molecule has 3 nitrogen and oxygen atoms in total. The molecule has 5 heteroatoms. The van der Waals surface area contributed by atoms with Crippen molar-refractivity contribution in [1.82, 2.24) is 5.32 Å². The zero-order valence-corrected chi connectivity index (χ0v) is 9.47. The van der Waals surface area contributed by atoms with Gasteiger partial charge in [-0.05, 0) is 25.1 Å². The van der Waals surface area contributed by atoms with Crippen molar-refractivity contribution in [3.05, 3.63) is 34.6 Å². The lowest BCUT2D eigenvalue weighted by Gasteiger charge is -2.38. The highest BCUT2D eigenvalue weighted by Gasteiger charge is 2.35. The third kappa shape index (κ3) is 2.18. The molecular weight excluding hydrogens is 233 g/mol. The first-order valence-corrected chi connectivity index (χ1v) is 5.23. The van der Waals surface area contributed by atoms with Gasteiger partial charge >= 0.3 is 0 Å². The van der Waals surface area contributed by atoms with Crippen LogP contribution in [0, 0.1) is 5.82 Å². The van der Waals surface area contributed by atoms with Crippen molar-refractivity contribution >= 4 is 17.5 Å². The van der Waals surface area contributed by atoms with Crippen LogP contribution in [0.2, 0.25) is 5.02 Å². The maximum atomic E-state index is 12.9. The van der Waals surface area contributed by atoms with E-state index in [9.17, 15) is 9.18 Å². The molecule has 0 bridgehead atoms. The molecule has 1 aliphatic rings. The van der Waals surface area contributed by atoms with E-state index in [0.717, 1.165) is 0 Å². The molecule has 2 rings (SSSR count). The van der Waals surface area contributed by atoms with E-state index in [4.69, 9.17) is 16.3 Å². The summed E-state index contributed by atoms with van der Waals surface area (Å²) in [7, 11) is 0. The van der Waals surface area contributed by atoms with Crippen LogP contribution in [-0.2, 0) is 4.74 Å². The van der Waals surface area contributed by atoms with Gasteiger partial charge in [-0.3, -0.25) is 4.79 Å². The van der Waals surface area contributed by atoms with Crippen LogP contribution in [0.5, 0.6) is 0 Å². The Morgan fingerprint density at radius 3 is 2.75 bits per heavy atom. The number of carbonyl (C=O) groups excluding carboxylic acids is 1. The molecule has 1 aliphatic heterocycles. The Morgan fingerprint density at radius 2 is 2.25 bits per heavy atom. The van der Waals surface area contributed by atoms with Gasteiger partial charge in [0.1, 0.15) is 5.82 Å². The molecule has 1 N–H and O–H groups in total. The van der Waals surface area contributed by atoms with Gasteiger partial charge in [0, 0.05) is 5.56 Å². The van der Waals surface area contributed by atoms with E-state index in [2.05, 4.69) is 5.32 Å². The van der Waals surface area contributed by atoms with Gasteiger partial charge < -0.3 is 10.1 Å². The van der Waals surface area contributed by atoms with Crippen molar-refractivity contribution in [2.24, 2.45) is 0 Å². The Morgan fingerprint density at radius 1 is 1.56 bits per heavy atom. The Hall–Kier alpha value is -1.13. The van der Waals surface area contributed by atoms with Gasteiger partial charge in [0.25, 0.3) is 5.91 Å². The molecule has 16 heavy (non-hydrogen) atoms. The number of amides is 1. The van der Waals surface area contributed by atoms with Crippen LogP contribution >= 0.6 is 11.6 Å². The number of hydrogen-bond acceptors (Lipinski definition) is 2. The highest BCUT2D eigenvalue weighted by atomic mass is 35.5. The van der Waals surface area contributed by atoms with Gasteiger partial charge in [0.05, 0.1) is 23.8 Å². The maximum absolute atomic E-state index is 12.9. The Balaban J connectivity index is 2.11. The lowest BCUT2D eigenvalue weighted by Crippen LogP contribution is -2.59. The van der Waals surface area contributed by atoms with Gasteiger partial charge in [-0.2, -0.15) is 0 Å². The van der Waals surface area contributed by atoms with E-state index < -0.39 is 5.82 Å². The van der Waals surface area contributed by atoms with Gasteiger partial charge in [-0.25, -0.2) is 4.39 Å². The van der Waals surface area contributed by atoms with Gasteiger partial charge in [-0.15, -0.1) is 0 Å². The Labute approximate surface area is 97.5 Å². The van der Waals surface area contributed by atoms with Crippen LogP contribution in [0.4, 0.5) is 4.39 Å². The summed E-state index contributed by atoms with van der Waals surface area (Å²) in [5, 5.41) is 2.76. The molecule has 0 spiro atoms. The predicted octanol–water partition coefficient (Wildman–Crippen LogP) is 2.00. The van der Waals surface area contributed by atoms with Crippen LogP contribution in [0.1, 0.15) is 17.3 Å². The SMILES string of the molecule is CC1(NC(=O)c2ccc(F)c(Cl)c2)COC1. The second-order valence-corrected chi connectivity index (χ2v) is 4.54. The molecule has 1 amide bonds. The first kappa shape index (κ1) is 11.4. The van der Waals surface area contributed by atoms with Gasteiger partial charge in [0.2, 0.25) is 0 Å². The van der Waals surface area contributed by atoms with Gasteiger partial charge in [-0.1, -0.05) is 11.6 Å². The molecule has 1 aromatic carbocycles. The highest BCUT2D eigenvalue weighted by molar-refractivity contribution is 6.31. The van der Waals surface area contributed by atoms with Crippen LogP contribution < -0.4 is 5.32 Å². The van der Waals surface area contributed by atoms with Crippen molar-refractivity contribution in [2.75, 3.05) is 13.2 Å². The third-order valence-corrected chi connectivity index (χ3v) is 2.73. The zero-order chi connectivity index (χ0) is 11.8. The summed E-state index contributed by atoms with van der Waals surface area (Å²) in [5.74, 6) is -0.802. The lowest BCUT2D eigenvalue weighted by atomic mass is 10.00. The Kier molecular flexibility index (Phi) is 2.86. The average molecular weight is 244 g/mol. The third-order valence-electron chi connectivity index (χ3n) is 2.44. The summed E-state index contributed by atoms with van der Waals surface area (Å²) in [6.45, 7) is 2.88. The summed E-state index contributed by atoms with van der Waals surface area (Å²) in [5.41, 5.74) is 0.0253. The fourth-order valence-corrected chi connectivity index (χ4v) is 1.64. The molecule has 0 atom stereocenters. The molecular formula is C11H11ClFNO2. The van der Waals surface area contributed by atoms with Crippen molar-refractivity contribution < 1.29 is 13.9 Å². The lowest BCUT2D eigenvalue weighted by molar-refractivity contribution is -0.0593. The van der Waals surface area contributed by atoms with E-state index in [1.54, 1.807) is 0 Å². The monoisotopic (exact) mass is 243 g/mol. The summed E-state index contributed by atoms with van der Waals surface area (Å²) in [4.78, 5) is 11.8. The number of nitrogens with one attached hydrogen (secondary N) is 1. The van der Waals surface area contributed by atoms with Crippen molar-refractivity contribution in [2.45, 2.75) is 12.5 Å². The first-order valence-electron chi connectivity index (χ1n) is 4.85. The molecule has 1 heterocycles. The normalized spacial score (nSPS) is 17.7. The van der Waals surface area contributed by atoms with Crippen molar-refractivity contribution in [3.8, 4) is 0 Å². The first-order chi connectivity index (χ1) is 7.50. The summed E-state index contributed by atoms with van der Waals surface area (Å²) in [6, 6.07) is 3.89. The standard InChI is InChI=1S/C11H11ClFNO2/c1-11(5-16-6-11)14-10(15)7-2-3-9(13)8(12)4-7/h2-4H,5-6H2,1H3,(H,14,15). The van der Waals surface area contributed by atoms with Crippen LogP contribution in [0.15, 0.2) is 18.2 Å². The molecule has 86 valence electrons. The Bertz CT molecular complexity index is 432. The van der Waals surface area contributed by atoms with E-state index >= 15 is 0 Å². The van der Waals surface area contributed by atoms with E-state index in [1.807, 2.05) is 6.92 Å². The fraction of sp³-hybridized carbons (Fsp3) is 0.364. The molecule has 0 unspecified atom stereocenters. The van der Waals surface area contributed by atoms with Crippen LogP contribution in [0.25, 0.3) is 0 Å². The quantitative estimate of drug-likeness (QED) is 0.863. The summed E-state index contributed by atoms with van der Waals surface area (Å²) < 4.78 is 17.9. The minimum Gasteiger partial charge on any atom is -0.376 e. The maximum Gasteiger partial charge on any atom is 0.251 e. The van der Waals surface area contributed by atoms with Gasteiger partial charge in [0.15, 0.2) is 0 Å². The summed E-state index contributed by atoms with van der Waals surface area (Å²) >= 11 is 5.60. The second kappa shape index (κ2) is 4.03. The smallest absolute Gasteiger partial charge is 0.251 e. The predicted molar refractivity (Wildman–Crippen MR) is 58.1 cm³/mol. The number of benzene rings is 1. The average Bonchev–Trinajstić information content (AvgIpc) is 2.19. The topological polar surface area (TPSA) is 38.3 Å². The fourth-order valence-electron chi connectivity index (χ4n) is 1.46. The minimum absolute atomic E-state index is 0.0531. The van der Waals surface area contributed by atoms with Crippen LogP contribution in [0.3, 0.4) is 0 Å². The van der Waals surface area contributed by atoms with Crippen molar-refractivity contribution in [1.29, 1.82) is 0 Å². The molecule has 0 saturated carbocycles. The second-order valence-electron chi connectivity index (χ2n) is 4.14. The molecule has 1 saturated heterocycles. The van der Waals surface area contributed by atoms with E-state index in [0.29, 0.717) is 18.8 Å². The number of rotatable bonds is 2.